The van der Waals surface area contributed by atoms with Crippen molar-refractivity contribution in [2.45, 2.75) is 45.2 Å². The Hall–Kier alpha value is -1.06. The maximum absolute atomic E-state index is 9.68. The highest BCUT2D eigenvalue weighted by atomic mass is 16.3. The standard InChI is InChI=1S/C16H26N2O/c1-12(2)15-6-4-5-7-16(15)18-9-8-13(3)17-10-14(18)11-19/h4-7,12-14,17,19H,8-11H2,1-3H3. The Morgan fingerprint density at radius 1 is 1.37 bits per heavy atom. The summed E-state index contributed by atoms with van der Waals surface area (Å²) in [4.78, 5) is 2.38. The Kier molecular flexibility index (Phi) is 4.83. The summed E-state index contributed by atoms with van der Waals surface area (Å²) in [5.74, 6) is 0.504. The molecule has 19 heavy (non-hydrogen) atoms. The number of nitrogens with zero attached hydrogens (tertiary/aromatic N) is 1. The van der Waals surface area contributed by atoms with Gasteiger partial charge in [0.05, 0.1) is 12.6 Å². The quantitative estimate of drug-likeness (QED) is 0.878. The molecule has 1 aromatic carbocycles. The molecule has 1 saturated heterocycles. The van der Waals surface area contributed by atoms with Crippen molar-refractivity contribution in [3.05, 3.63) is 29.8 Å². The maximum Gasteiger partial charge on any atom is 0.0647 e. The molecule has 0 bridgehead atoms. The van der Waals surface area contributed by atoms with Crippen molar-refractivity contribution in [2.24, 2.45) is 0 Å². The predicted octanol–water partition coefficient (Wildman–Crippen LogP) is 2.36. The lowest BCUT2D eigenvalue weighted by molar-refractivity contribution is 0.259. The molecule has 0 radical (unpaired) electrons. The first-order chi connectivity index (χ1) is 9.13. The molecule has 0 amide bonds. The van der Waals surface area contributed by atoms with Gasteiger partial charge in [0.15, 0.2) is 0 Å². The lowest BCUT2D eigenvalue weighted by Crippen LogP contribution is -2.43. The van der Waals surface area contributed by atoms with E-state index in [1.54, 1.807) is 0 Å². The van der Waals surface area contributed by atoms with Gasteiger partial charge in [0, 0.05) is 24.8 Å². The van der Waals surface area contributed by atoms with Crippen LogP contribution in [0.2, 0.25) is 0 Å². The first-order valence-electron chi connectivity index (χ1n) is 7.33. The highest BCUT2D eigenvalue weighted by Crippen LogP contribution is 2.29. The molecule has 3 heteroatoms. The minimum Gasteiger partial charge on any atom is -0.394 e. The minimum atomic E-state index is 0.171. The normalized spacial score (nSPS) is 24.6. The van der Waals surface area contributed by atoms with Crippen molar-refractivity contribution in [3.63, 3.8) is 0 Å². The van der Waals surface area contributed by atoms with Crippen LogP contribution in [-0.2, 0) is 0 Å². The van der Waals surface area contributed by atoms with Gasteiger partial charge in [0.1, 0.15) is 0 Å². The molecule has 1 aliphatic rings. The average molecular weight is 262 g/mol. The molecule has 1 aromatic rings. The van der Waals surface area contributed by atoms with Gasteiger partial charge in [-0.15, -0.1) is 0 Å². The van der Waals surface area contributed by atoms with Crippen molar-refractivity contribution in [3.8, 4) is 0 Å². The van der Waals surface area contributed by atoms with E-state index in [4.69, 9.17) is 0 Å². The van der Waals surface area contributed by atoms with E-state index in [9.17, 15) is 5.11 Å². The number of nitrogens with one attached hydrogen (secondary N) is 1. The summed E-state index contributed by atoms with van der Waals surface area (Å²) in [5.41, 5.74) is 2.66. The molecule has 2 atom stereocenters. The maximum atomic E-state index is 9.68. The largest absolute Gasteiger partial charge is 0.394 e. The summed E-state index contributed by atoms with van der Waals surface area (Å²) in [6.07, 6.45) is 1.11. The van der Waals surface area contributed by atoms with Crippen LogP contribution in [0.25, 0.3) is 0 Å². The van der Waals surface area contributed by atoms with Gasteiger partial charge < -0.3 is 15.3 Å². The third-order valence-corrected chi connectivity index (χ3v) is 4.02. The zero-order valence-corrected chi connectivity index (χ0v) is 12.3. The fourth-order valence-corrected chi connectivity index (χ4v) is 2.78. The van der Waals surface area contributed by atoms with Crippen LogP contribution in [0.4, 0.5) is 5.69 Å². The third-order valence-electron chi connectivity index (χ3n) is 4.02. The van der Waals surface area contributed by atoms with Crippen molar-refractivity contribution in [1.82, 2.24) is 5.32 Å². The van der Waals surface area contributed by atoms with Crippen LogP contribution in [0, 0.1) is 0 Å². The molecule has 2 unspecified atom stereocenters. The van der Waals surface area contributed by atoms with E-state index in [2.05, 4.69) is 55.3 Å². The van der Waals surface area contributed by atoms with Gasteiger partial charge in [-0.05, 0) is 30.9 Å². The predicted molar refractivity (Wildman–Crippen MR) is 80.8 cm³/mol. The van der Waals surface area contributed by atoms with Crippen molar-refractivity contribution in [1.29, 1.82) is 0 Å². The second-order valence-electron chi connectivity index (χ2n) is 5.84. The molecule has 0 aliphatic carbocycles. The van der Waals surface area contributed by atoms with Crippen molar-refractivity contribution < 1.29 is 5.11 Å². The van der Waals surface area contributed by atoms with Crippen LogP contribution in [0.15, 0.2) is 24.3 Å². The Morgan fingerprint density at radius 3 is 2.79 bits per heavy atom. The summed E-state index contributed by atoms with van der Waals surface area (Å²) in [7, 11) is 0. The average Bonchev–Trinajstić information content (AvgIpc) is 2.60. The molecule has 2 N–H and O–H groups in total. The first-order valence-corrected chi connectivity index (χ1v) is 7.33. The Balaban J connectivity index is 2.32. The number of rotatable bonds is 3. The first kappa shape index (κ1) is 14.4. The lowest BCUT2D eigenvalue weighted by Gasteiger charge is -2.33. The molecule has 1 heterocycles. The van der Waals surface area contributed by atoms with Crippen LogP contribution >= 0.6 is 0 Å². The number of anilines is 1. The number of hydrogen-bond donors (Lipinski definition) is 2. The molecule has 0 spiro atoms. The second-order valence-corrected chi connectivity index (χ2v) is 5.84. The Morgan fingerprint density at radius 2 is 2.11 bits per heavy atom. The zero-order chi connectivity index (χ0) is 13.8. The van der Waals surface area contributed by atoms with Crippen LogP contribution in [-0.4, -0.2) is 36.9 Å². The van der Waals surface area contributed by atoms with Crippen LogP contribution < -0.4 is 10.2 Å². The van der Waals surface area contributed by atoms with E-state index in [1.165, 1.54) is 11.3 Å². The summed E-state index contributed by atoms with van der Waals surface area (Å²) >= 11 is 0. The molecule has 1 aliphatic heterocycles. The van der Waals surface area contributed by atoms with E-state index >= 15 is 0 Å². The van der Waals surface area contributed by atoms with Crippen LogP contribution in [0.3, 0.4) is 0 Å². The highest BCUT2D eigenvalue weighted by Gasteiger charge is 2.24. The van der Waals surface area contributed by atoms with E-state index in [0.29, 0.717) is 12.0 Å². The van der Waals surface area contributed by atoms with Gasteiger partial charge in [0.2, 0.25) is 0 Å². The Labute approximate surface area is 116 Å². The summed E-state index contributed by atoms with van der Waals surface area (Å²) in [5, 5.41) is 13.2. The van der Waals surface area contributed by atoms with Crippen LogP contribution in [0.5, 0.6) is 0 Å². The number of aliphatic hydroxyl groups excluding tert-OH is 1. The smallest absolute Gasteiger partial charge is 0.0647 e. The van der Waals surface area contributed by atoms with E-state index < -0.39 is 0 Å². The fourth-order valence-electron chi connectivity index (χ4n) is 2.78. The number of aliphatic hydroxyl groups is 1. The summed E-state index contributed by atoms with van der Waals surface area (Å²) in [6, 6.07) is 9.28. The molecule has 0 saturated carbocycles. The number of benzene rings is 1. The molecular formula is C16H26N2O. The minimum absolute atomic E-state index is 0.171. The molecule has 1 fully saturated rings. The molecular weight excluding hydrogens is 236 g/mol. The van der Waals surface area contributed by atoms with Crippen molar-refractivity contribution in [2.75, 3.05) is 24.6 Å². The SMILES string of the molecule is CC1CCN(c2ccccc2C(C)C)C(CO)CN1. The topological polar surface area (TPSA) is 35.5 Å². The van der Waals surface area contributed by atoms with Gasteiger partial charge in [-0.1, -0.05) is 32.0 Å². The van der Waals surface area contributed by atoms with E-state index in [-0.39, 0.29) is 12.6 Å². The molecule has 0 aromatic heterocycles. The van der Waals surface area contributed by atoms with Gasteiger partial charge in [-0.2, -0.15) is 0 Å². The van der Waals surface area contributed by atoms with Gasteiger partial charge >= 0.3 is 0 Å². The summed E-state index contributed by atoms with van der Waals surface area (Å²) in [6.45, 7) is 8.72. The van der Waals surface area contributed by atoms with Gasteiger partial charge in [-0.3, -0.25) is 0 Å². The van der Waals surface area contributed by atoms with Gasteiger partial charge in [-0.25, -0.2) is 0 Å². The second kappa shape index (κ2) is 6.40. The third kappa shape index (κ3) is 3.28. The van der Waals surface area contributed by atoms with Crippen molar-refractivity contribution >= 4 is 5.69 Å². The van der Waals surface area contributed by atoms with E-state index in [0.717, 1.165) is 19.5 Å². The molecule has 2 rings (SSSR count). The molecule has 3 nitrogen and oxygen atoms in total. The zero-order valence-electron chi connectivity index (χ0n) is 12.3. The van der Waals surface area contributed by atoms with E-state index in [1.807, 2.05) is 0 Å². The fraction of sp³-hybridized carbons (Fsp3) is 0.625. The number of para-hydroxylation sites is 1. The highest BCUT2D eigenvalue weighted by molar-refractivity contribution is 5.56. The number of hydrogen-bond acceptors (Lipinski definition) is 3. The van der Waals surface area contributed by atoms with Crippen LogP contribution in [0.1, 0.15) is 38.7 Å². The Bertz CT molecular complexity index is 405. The lowest BCUT2D eigenvalue weighted by atomic mass is 9.99. The van der Waals surface area contributed by atoms with Gasteiger partial charge in [0.25, 0.3) is 0 Å². The summed E-state index contributed by atoms with van der Waals surface area (Å²) < 4.78 is 0. The molecule has 106 valence electrons. The monoisotopic (exact) mass is 262 g/mol.